The van der Waals surface area contributed by atoms with Crippen molar-refractivity contribution in [2.45, 2.75) is 52.0 Å². The largest absolute Gasteiger partial charge is 0.481 e. The molecular formula is C22H31N3O3. The molecular weight excluding hydrogens is 354 g/mol. The Balaban J connectivity index is 1.43. The Labute approximate surface area is 166 Å². The van der Waals surface area contributed by atoms with E-state index in [-0.39, 0.29) is 22.7 Å². The fraction of sp³-hybridized carbons (Fsp3) is 0.682. The third-order valence-electron chi connectivity index (χ3n) is 7.42. The molecule has 1 amide bonds. The van der Waals surface area contributed by atoms with Crippen LogP contribution in [0.25, 0.3) is 0 Å². The standard InChI is InChI=1S/C22H31N3O3/c1-21(6-2-3-7-21)20(28)25-11-8-22(9-12-25)16-24(15-18(22)19(26)27)14-17-5-4-10-23-13-17/h4-5,10,13,18H,2-3,6-9,11-12,14-16H2,1H3,(H,26,27). The number of rotatable bonds is 4. The Morgan fingerprint density at radius 1 is 1.21 bits per heavy atom. The molecule has 3 fully saturated rings. The summed E-state index contributed by atoms with van der Waals surface area (Å²) in [5, 5.41) is 9.88. The van der Waals surface area contributed by atoms with Crippen molar-refractivity contribution >= 4 is 11.9 Å². The lowest BCUT2D eigenvalue weighted by Gasteiger charge is -2.43. The van der Waals surface area contributed by atoms with E-state index in [2.05, 4.69) is 16.8 Å². The van der Waals surface area contributed by atoms with Gasteiger partial charge in [-0.1, -0.05) is 25.8 Å². The number of hydrogen-bond donors (Lipinski definition) is 1. The zero-order valence-corrected chi connectivity index (χ0v) is 16.8. The van der Waals surface area contributed by atoms with E-state index in [1.807, 2.05) is 23.2 Å². The summed E-state index contributed by atoms with van der Waals surface area (Å²) in [4.78, 5) is 33.5. The molecule has 0 radical (unpaired) electrons. The average molecular weight is 386 g/mol. The van der Waals surface area contributed by atoms with Gasteiger partial charge < -0.3 is 10.0 Å². The summed E-state index contributed by atoms with van der Waals surface area (Å²) >= 11 is 0. The van der Waals surface area contributed by atoms with Crippen LogP contribution in [0.15, 0.2) is 24.5 Å². The van der Waals surface area contributed by atoms with Gasteiger partial charge in [0.2, 0.25) is 5.91 Å². The highest BCUT2D eigenvalue weighted by Crippen LogP contribution is 2.47. The maximum Gasteiger partial charge on any atom is 0.308 e. The second-order valence-corrected chi connectivity index (χ2v) is 9.34. The summed E-state index contributed by atoms with van der Waals surface area (Å²) in [6, 6.07) is 3.96. The van der Waals surface area contributed by atoms with E-state index in [0.29, 0.717) is 19.6 Å². The van der Waals surface area contributed by atoms with Gasteiger partial charge in [-0.2, -0.15) is 0 Å². The molecule has 3 aliphatic rings. The number of carbonyl (C=O) groups is 2. The van der Waals surface area contributed by atoms with Crippen LogP contribution in [0.1, 0.15) is 51.0 Å². The van der Waals surface area contributed by atoms with E-state index in [1.165, 1.54) is 0 Å². The first kappa shape index (κ1) is 19.4. The summed E-state index contributed by atoms with van der Waals surface area (Å²) in [7, 11) is 0. The van der Waals surface area contributed by atoms with E-state index >= 15 is 0 Å². The van der Waals surface area contributed by atoms with Gasteiger partial charge in [0, 0.05) is 55.9 Å². The van der Waals surface area contributed by atoms with Gasteiger partial charge in [-0.15, -0.1) is 0 Å². The van der Waals surface area contributed by atoms with Crippen molar-refractivity contribution in [1.29, 1.82) is 0 Å². The first-order chi connectivity index (χ1) is 13.4. The second-order valence-electron chi connectivity index (χ2n) is 9.34. The highest BCUT2D eigenvalue weighted by atomic mass is 16.4. The van der Waals surface area contributed by atoms with E-state index in [9.17, 15) is 14.7 Å². The number of carboxylic acid groups (broad SMARTS) is 1. The van der Waals surface area contributed by atoms with E-state index in [0.717, 1.165) is 57.2 Å². The quantitative estimate of drug-likeness (QED) is 0.863. The lowest BCUT2D eigenvalue weighted by atomic mass is 9.70. The third-order valence-corrected chi connectivity index (χ3v) is 7.42. The van der Waals surface area contributed by atoms with Crippen molar-refractivity contribution in [2.24, 2.45) is 16.7 Å². The monoisotopic (exact) mass is 385 g/mol. The first-order valence-corrected chi connectivity index (χ1v) is 10.6. The highest BCUT2D eigenvalue weighted by molar-refractivity contribution is 5.82. The first-order valence-electron chi connectivity index (χ1n) is 10.6. The summed E-state index contributed by atoms with van der Waals surface area (Å²) < 4.78 is 0. The van der Waals surface area contributed by atoms with Crippen molar-refractivity contribution in [2.75, 3.05) is 26.2 Å². The minimum Gasteiger partial charge on any atom is -0.481 e. The van der Waals surface area contributed by atoms with Crippen LogP contribution in [0.2, 0.25) is 0 Å². The normalized spacial score (nSPS) is 26.6. The van der Waals surface area contributed by atoms with Gasteiger partial charge in [0.05, 0.1) is 5.92 Å². The van der Waals surface area contributed by atoms with Gasteiger partial charge in [0.25, 0.3) is 0 Å². The number of aliphatic carboxylic acids is 1. The molecule has 6 heteroatoms. The Kier molecular flexibility index (Phi) is 5.17. The Bertz CT molecular complexity index is 722. The number of amides is 1. The molecule has 1 aliphatic carbocycles. The van der Waals surface area contributed by atoms with E-state index in [4.69, 9.17) is 0 Å². The molecule has 28 heavy (non-hydrogen) atoms. The van der Waals surface area contributed by atoms with Gasteiger partial charge in [0.15, 0.2) is 0 Å². The van der Waals surface area contributed by atoms with Gasteiger partial charge in [-0.05, 0) is 37.3 Å². The maximum atomic E-state index is 13.0. The van der Waals surface area contributed by atoms with E-state index in [1.54, 1.807) is 6.20 Å². The van der Waals surface area contributed by atoms with Crippen LogP contribution in [-0.4, -0.2) is 57.9 Å². The molecule has 0 aromatic carbocycles. The minimum absolute atomic E-state index is 0.196. The molecule has 0 bridgehead atoms. The Morgan fingerprint density at radius 2 is 1.93 bits per heavy atom. The number of nitrogens with zero attached hydrogens (tertiary/aromatic N) is 3. The average Bonchev–Trinajstić information content (AvgIpc) is 3.28. The molecule has 2 aliphatic heterocycles. The molecule has 1 spiro atoms. The smallest absolute Gasteiger partial charge is 0.308 e. The zero-order chi connectivity index (χ0) is 19.8. The van der Waals surface area contributed by atoms with E-state index < -0.39 is 5.97 Å². The SMILES string of the molecule is CC1(C(=O)N2CCC3(CC2)CN(Cc2cccnc2)CC3C(=O)O)CCCC1. The third kappa shape index (κ3) is 3.54. The number of carboxylic acids is 1. The van der Waals surface area contributed by atoms with Crippen molar-refractivity contribution < 1.29 is 14.7 Å². The van der Waals surface area contributed by atoms with Crippen molar-refractivity contribution in [3.05, 3.63) is 30.1 Å². The molecule has 1 aromatic heterocycles. The molecule has 6 nitrogen and oxygen atoms in total. The Morgan fingerprint density at radius 3 is 2.54 bits per heavy atom. The topological polar surface area (TPSA) is 73.7 Å². The molecule has 1 saturated carbocycles. The summed E-state index contributed by atoms with van der Waals surface area (Å²) in [6.45, 7) is 5.60. The minimum atomic E-state index is -0.698. The summed E-state index contributed by atoms with van der Waals surface area (Å²) in [5.41, 5.74) is 0.700. The van der Waals surface area contributed by atoms with Gasteiger partial charge in [0.1, 0.15) is 0 Å². The number of aromatic nitrogens is 1. The molecule has 1 atom stereocenters. The Hall–Kier alpha value is -1.95. The second kappa shape index (κ2) is 7.47. The van der Waals surface area contributed by atoms with Gasteiger partial charge >= 0.3 is 5.97 Å². The lowest BCUT2D eigenvalue weighted by molar-refractivity contribution is -0.148. The van der Waals surface area contributed by atoms with Crippen LogP contribution >= 0.6 is 0 Å². The number of hydrogen-bond acceptors (Lipinski definition) is 4. The molecule has 1 aromatic rings. The van der Waals surface area contributed by atoms with Crippen LogP contribution in [0.3, 0.4) is 0 Å². The lowest BCUT2D eigenvalue weighted by Crippen LogP contribution is -2.51. The molecule has 3 heterocycles. The predicted octanol–water partition coefficient (Wildman–Crippen LogP) is 2.79. The number of likely N-dealkylation sites (tertiary alicyclic amines) is 2. The van der Waals surface area contributed by atoms with Crippen molar-refractivity contribution in [3.63, 3.8) is 0 Å². The molecule has 2 saturated heterocycles. The predicted molar refractivity (Wildman–Crippen MR) is 105 cm³/mol. The van der Waals surface area contributed by atoms with Crippen LogP contribution in [-0.2, 0) is 16.1 Å². The molecule has 1 N–H and O–H groups in total. The number of pyridine rings is 1. The summed E-state index contributed by atoms with van der Waals surface area (Å²) in [5.74, 6) is -0.767. The highest BCUT2D eigenvalue weighted by Gasteiger charge is 2.52. The van der Waals surface area contributed by atoms with Gasteiger partial charge in [-0.25, -0.2) is 0 Å². The number of carbonyl (C=O) groups excluding carboxylic acids is 1. The molecule has 1 unspecified atom stereocenters. The van der Waals surface area contributed by atoms with Crippen LogP contribution in [0, 0.1) is 16.7 Å². The summed E-state index contributed by atoms with van der Waals surface area (Å²) in [6.07, 6.45) is 9.45. The fourth-order valence-corrected chi connectivity index (χ4v) is 5.69. The maximum absolute atomic E-state index is 13.0. The van der Waals surface area contributed by atoms with Gasteiger partial charge in [-0.3, -0.25) is 19.5 Å². The molecule has 152 valence electrons. The van der Waals surface area contributed by atoms with Crippen LogP contribution in [0.5, 0.6) is 0 Å². The van der Waals surface area contributed by atoms with Crippen molar-refractivity contribution in [1.82, 2.24) is 14.8 Å². The molecule has 4 rings (SSSR count). The van der Waals surface area contributed by atoms with Crippen molar-refractivity contribution in [3.8, 4) is 0 Å². The van der Waals surface area contributed by atoms with Crippen LogP contribution in [0.4, 0.5) is 0 Å². The van der Waals surface area contributed by atoms with Crippen LogP contribution < -0.4 is 0 Å². The fourth-order valence-electron chi connectivity index (χ4n) is 5.69. The zero-order valence-electron chi connectivity index (χ0n) is 16.8. The number of piperidine rings is 1.